The van der Waals surface area contributed by atoms with Gasteiger partial charge in [0.25, 0.3) is 0 Å². The summed E-state index contributed by atoms with van der Waals surface area (Å²) < 4.78 is 10.7. The number of nitrogens with zero attached hydrogens (tertiary/aromatic N) is 1. The maximum Gasteiger partial charge on any atom is 0.191 e. The van der Waals surface area contributed by atoms with Crippen LogP contribution in [-0.4, -0.2) is 39.9 Å². The Labute approximate surface area is 183 Å². The Balaban J connectivity index is 0.00000364. The van der Waals surface area contributed by atoms with Gasteiger partial charge in [-0.2, -0.15) is 0 Å². The average molecular weight is 503 g/mol. The number of halogens is 1. The summed E-state index contributed by atoms with van der Waals surface area (Å²) in [4.78, 5) is 5.68. The van der Waals surface area contributed by atoms with Crippen molar-refractivity contribution >= 4 is 41.3 Å². The minimum atomic E-state index is 0. The van der Waals surface area contributed by atoms with Gasteiger partial charge in [-0.3, -0.25) is 4.99 Å². The van der Waals surface area contributed by atoms with Crippen LogP contribution in [0.5, 0.6) is 5.75 Å². The summed E-state index contributed by atoms with van der Waals surface area (Å²) in [5, 5.41) is 8.90. The molecule has 2 aromatic rings. The van der Waals surface area contributed by atoms with E-state index in [-0.39, 0.29) is 29.4 Å². The van der Waals surface area contributed by atoms with Crippen LogP contribution < -0.4 is 15.4 Å². The molecule has 0 unspecified atom stereocenters. The van der Waals surface area contributed by atoms with Gasteiger partial charge in [0.05, 0.1) is 6.61 Å². The van der Waals surface area contributed by atoms with Crippen molar-refractivity contribution in [1.29, 1.82) is 0 Å². The average Bonchev–Trinajstić information content (AvgIpc) is 3.18. The Bertz CT molecular complexity index is 690. The highest BCUT2D eigenvalue weighted by Crippen LogP contribution is 2.26. The molecule has 7 heteroatoms. The third-order valence-electron chi connectivity index (χ3n) is 4.02. The summed E-state index contributed by atoms with van der Waals surface area (Å²) in [6.07, 6.45) is 0. The molecule has 0 aliphatic heterocycles. The minimum Gasteiger partial charge on any atom is -0.491 e. The lowest BCUT2D eigenvalue weighted by atomic mass is 9.91. The highest BCUT2D eigenvalue weighted by atomic mass is 127. The Hall–Kier alpha value is -1.32. The normalized spacial score (nSPS) is 11.6. The van der Waals surface area contributed by atoms with Gasteiger partial charge < -0.3 is 20.1 Å². The van der Waals surface area contributed by atoms with E-state index in [1.165, 1.54) is 4.88 Å². The standard InChI is InChI=1S/C20H29N3O2S.HI/c1-20(2,18-9-6-12-26-18)15-23-19(21-3)22-14-16-7-5-8-17(13-16)25-11-10-24-4;/h5-9,12-13H,10-11,14-15H2,1-4H3,(H2,21,22,23);1H. The van der Waals surface area contributed by atoms with Gasteiger partial charge in [0.15, 0.2) is 5.96 Å². The Morgan fingerprint density at radius 3 is 2.63 bits per heavy atom. The maximum atomic E-state index is 5.66. The van der Waals surface area contributed by atoms with Crippen LogP contribution in [0.4, 0.5) is 0 Å². The number of guanidine groups is 1. The molecule has 1 heterocycles. The fourth-order valence-electron chi connectivity index (χ4n) is 2.45. The van der Waals surface area contributed by atoms with Crippen molar-refractivity contribution in [2.24, 2.45) is 4.99 Å². The molecule has 0 amide bonds. The fraction of sp³-hybridized carbons (Fsp3) is 0.450. The molecule has 150 valence electrons. The summed E-state index contributed by atoms with van der Waals surface area (Å²) in [6.45, 7) is 7.10. The molecule has 0 radical (unpaired) electrons. The molecule has 0 aliphatic carbocycles. The second kappa shape index (κ2) is 12.2. The summed E-state index contributed by atoms with van der Waals surface area (Å²) in [5.74, 6) is 1.64. The Kier molecular flexibility index (Phi) is 10.7. The summed E-state index contributed by atoms with van der Waals surface area (Å²) in [5.41, 5.74) is 1.20. The van der Waals surface area contributed by atoms with Crippen molar-refractivity contribution in [2.45, 2.75) is 25.8 Å². The van der Waals surface area contributed by atoms with E-state index < -0.39 is 0 Å². The largest absolute Gasteiger partial charge is 0.491 e. The van der Waals surface area contributed by atoms with Gasteiger partial charge in [0.1, 0.15) is 12.4 Å². The monoisotopic (exact) mass is 503 g/mol. The predicted octanol–water partition coefficient (Wildman–Crippen LogP) is 4.03. The molecule has 1 aromatic heterocycles. The quantitative estimate of drug-likeness (QED) is 0.235. The number of methoxy groups -OCH3 is 1. The highest BCUT2D eigenvalue weighted by Gasteiger charge is 2.21. The fourth-order valence-corrected chi connectivity index (χ4v) is 3.30. The highest BCUT2D eigenvalue weighted by molar-refractivity contribution is 14.0. The van der Waals surface area contributed by atoms with E-state index in [1.54, 1.807) is 25.5 Å². The molecule has 0 fully saturated rings. The number of ether oxygens (including phenoxy) is 2. The SMILES string of the molecule is CN=C(NCc1cccc(OCCOC)c1)NCC(C)(C)c1cccs1.I. The number of aliphatic imine (C=N–C) groups is 1. The Morgan fingerprint density at radius 2 is 1.96 bits per heavy atom. The number of hydrogen-bond donors (Lipinski definition) is 2. The van der Waals surface area contributed by atoms with Crippen molar-refractivity contribution in [1.82, 2.24) is 10.6 Å². The first kappa shape index (κ1) is 23.7. The van der Waals surface area contributed by atoms with E-state index in [9.17, 15) is 0 Å². The molecule has 0 spiro atoms. The van der Waals surface area contributed by atoms with Crippen LogP contribution in [0.15, 0.2) is 46.8 Å². The first-order chi connectivity index (χ1) is 12.5. The zero-order valence-electron chi connectivity index (χ0n) is 16.5. The topological polar surface area (TPSA) is 54.9 Å². The van der Waals surface area contributed by atoms with E-state index in [4.69, 9.17) is 9.47 Å². The summed E-state index contributed by atoms with van der Waals surface area (Å²) in [6, 6.07) is 12.3. The summed E-state index contributed by atoms with van der Waals surface area (Å²) >= 11 is 1.79. The van der Waals surface area contributed by atoms with E-state index in [0.29, 0.717) is 19.8 Å². The third kappa shape index (κ3) is 8.06. The number of benzene rings is 1. The van der Waals surface area contributed by atoms with Gasteiger partial charge >= 0.3 is 0 Å². The van der Waals surface area contributed by atoms with E-state index >= 15 is 0 Å². The molecule has 1 aromatic carbocycles. The van der Waals surface area contributed by atoms with E-state index in [0.717, 1.165) is 23.8 Å². The molecule has 2 N–H and O–H groups in total. The molecule has 2 rings (SSSR count). The van der Waals surface area contributed by atoms with Crippen molar-refractivity contribution < 1.29 is 9.47 Å². The molecule has 0 bridgehead atoms. The smallest absolute Gasteiger partial charge is 0.191 e. The first-order valence-corrected chi connectivity index (χ1v) is 9.62. The molecular formula is C20H30IN3O2S. The predicted molar refractivity (Wildman–Crippen MR) is 125 cm³/mol. The van der Waals surface area contributed by atoms with Crippen LogP contribution in [0.1, 0.15) is 24.3 Å². The van der Waals surface area contributed by atoms with Crippen LogP contribution in [0.3, 0.4) is 0 Å². The second-order valence-corrected chi connectivity index (χ2v) is 7.58. The van der Waals surface area contributed by atoms with Crippen molar-refractivity contribution in [3.05, 3.63) is 52.2 Å². The van der Waals surface area contributed by atoms with Crippen LogP contribution in [0.25, 0.3) is 0 Å². The van der Waals surface area contributed by atoms with Crippen LogP contribution >= 0.6 is 35.3 Å². The lowest BCUT2D eigenvalue weighted by Crippen LogP contribution is -2.42. The van der Waals surface area contributed by atoms with Crippen molar-refractivity contribution in [3.63, 3.8) is 0 Å². The molecule has 0 atom stereocenters. The lowest BCUT2D eigenvalue weighted by molar-refractivity contribution is 0.146. The van der Waals surface area contributed by atoms with Gasteiger partial charge in [0.2, 0.25) is 0 Å². The number of rotatable bonds is 9. The van der Waals surface area contributed by atoms with Crippen LogP contribution in [0, 0.1) is 0 Å². The van der Waals surface area contributed by atoms with Crippen molar-refractivity contribution in [2.75, 3.05) is 33.9 Å². The molecule has 27 heavy (non-hydrogen) atoms. The molecular weight excluding hydrogens is 473 g/mol. The maximum absolute atomic E-state index is 5.66. The van der Waals surface area contributed by atoms with Crippen molar-refractivity contribution in [3.8, 4) is 5.75 Å². The van der Waals surface area contributed by atoms with Gasteiger partial charge in [-0.15, -0.1) is 35.3 Å². The van der Waals surface area contributed by atoms with Gasteiger partial charge in [-0.25, -0.2) is 0 Å². The zero-order chi connectivity index (χ0) is 18.8. The third-order valence-corrected chi connectivity index (χ3v) is 5.26. The minimum absolute atomic E-state index is 0. The lowest BCUT2D eigenvalue weighted by Gasteiger charge is -2.25. The molecule has 0 saturated heterocycles. The number of nitrogens with one attached hydrogen (secondary N) is 2. The molecule has 0 aliphatic rings. The summed E-state index contributed by atoms with van der Waals surface area (Å²) in [7, 11) is 3.46. The first-order valence-electron chi connectivity index (χ1n) is 8.74. The number of hydrogen-bond acceptors (Lipinski definition) is 4. The van der Waals surface area contributed by atoms with Crippen LogP contribution in [0.2, 0.25) is 0 Å². The van der Waals surface area contributed by atoms with Gasteiger partial charge in [-0.05, 0) is 29.1 Å². The molecule has 0 saturated carbocycles. The zero-order valence-corrected chi connectivity index (χ0v) is 19.6. The molecule has 5 nitrogen and oxygen atoms in total. The number of thiophene rings is 1. The Morgan fingerprint density at radius 1 is 1.15 bits per heavy atom. The van der Waals surface area contributed by atoms with E-state index in [2.05, 4.69) is 53.1 Å². The van der Waals surface area contributed by atoms with Crippen LogP contribution in [-0.2, 0) is 16.7 Å². The van der Waals surface area contributed by atoms with Gasteiger partial charge in [0, 0.05) is 37.5 Å². The van der Waals surface area contributed by atoms with E-state index in [1.807, 2.05) is 18.2 Å². The second-order valence-electron chi connectivity index (χ2n) is 6.63. The van der Waals surface area contributed by atoms with Gasteiger partial charge in [-0.1, -0.05) is 32.0 Å².